The van der Waals surface area contributed by atoms with Crippen LogP contribution in [-0.2, 0) is 21.0 Å². The van der Waals surface area contributed by atoms with E-state index in [-0.39, 0.29) is 12.2 Å². The van der Waals surface area contributed by atoms with Gasteiger partial charge in [-0.15, -0.1) is 6.58 Å². The lowest BCUT2D eigenvalue weighted by atomic mass is 10.2. The molecule has 0 aliphatic carbocycles. The van der Waals surface area contributed by atoms with Gasteiger partial charge in [0.25, 0.3) is 0 Å². The number of para-hydroxylation sites is 1. The minimum Gasteiger partial charge on any atom is -0.322 e. The standard InChI is InChI=1S/C18H16F4N2O3S/c1-2-10-24(12-17(25)23-16-9-4-3-8-15(16)19)28(26,27)14-7-5-6-13(11-14)18(20,21)22/h2-9,11H,1,10,12H2,(H,23,25). The zero-order valence-electron chi connectivity index (χ0n) is 14.4. The Kier molecular flexibility index (Phi) is 6.57. The largest absolute Gasteiger partial charge is 0.416 e. The molecule has 1 N–H and O–H groups in total. The van der Waals surface area contributed by atoms with Crippen molar-refractivity contribution in [2.45, 2.75) is 11.1 Å². The lowest BCUT2D eigenvalue weighted by molar-refractivity contribution is -0.137. The molecule has 28 heavy (non-hydrogen) atoms. The van der Waals surface area contributed by atoms with Gasteiger partial charge in [-0.25, -0.2) is 12.8 Å². The van der Waals surface area contributed by atoms with Crippen molar-refractivity contribution >= 4 is 21.6 Å². The molecule has 2 rings (SSSR count). The summed E-state index contributed by atoms with van der Waals surface area (Å²) in [6, 6.07) is 8.45. The number of amides is 1. The third kappa shape index (κ3) is 5.17. The minimum absolute atomic E-state index is 0.150. The Morgan fingerprint density at radius 3 is 2.43 bits per heavy atom. The summed E-state index contributed by atoms with van der Waals surface area (Å²) in [5.41, 5.74) is -1.29. The topological polar surface area (TPSA) is 66.5 Å². The summed E-state index contributed by atoms with van der Waals surface area (Å²) in [5.74, 6) is -1.57. The van der Waals surface area contributed by atoms with Crippen molar-refractivity contribution in [1.29, 1.82) is 0 Å². The molecular formula is C18H16F4N2O3S. The quantitative estimate of drug-likeness (QED) is 0.553. The number of carbonyl (C=O) groups is 1. The number of benzene rings is 2. The van der Waals surface area contributed by atoms with Gasteiger partial charge in [-0.3, -0.25) is 4.79 Å². The molecule has 0 saturated heterocycles. The normalized spacial score (nSPS) is 12.0. The van der Waals surface area contributed by atoms with Gasteiger partial charge in [0.2, 0.25) is 15.9 Å². The molecule has 0 bridgehead atoms. The fourth-order valence-corrected chi connectivity index (χ4v) is 3.70. The molecule has 0 unspecified atom stereocenters. The number of halogens is 4. The average Bonchev–Trinajstić information content (AvgIpc) is 2.62. The number of sulfonamides is 1. The molecule has 5 nitrogen and oxygen atoms in total. The van der Waals surface area contributed by atoms with Crippen molar-refractivity contribution in [2.24, 2.45) is 0 Å². The summed E-state index contributed by atoms with van der Waals surface area (Å²) in [4.78, 5) is 11.5. The second kappa shape index (κ2) is 8.53. The molecule has 10 heteroatoms. The van der Waals surface area contributed by atoms with Crippen molar-refractivity contribution in [2.75, 3.05) is 18.4 Å². The third-order valence-electron chi connectivity index (χ3n) is 3.60. The SMILES string of the molecule is C=CCN(CC(=O)Nc1ccccc1F)S(=O)(=O)c1cccc(C(F)(F)F)c1. The van der Waals surface area contributed by atoms with Gasteiger partial charge in [-0.05, 0) is 30.3 Å². The number of anilines is 1. The molecule has 1 amide bonds. The summed E-state index contributed by atoms with van der Waals surface area (Å²) in [7, 11) is -4.44. The highest BCUT2D eigenvalue weighted by Crippen LogP contribution is 2.31. The first-order valence-corrected chi connectivity index (χ1v) is 9.32. The number of nitrogens with one attached hydrogen (secondary N) is 1. The highest BCUT2D eigenvalue weighted by Gasteiger charge is 2.33. The summed E-state index contributed by atoms with van der Waals surface area (Å²) >= 11 is 0. The minimum atomic E-state index is -4.73. The molecule has 0 fully saturated rings. The molecule has 2 aromatic carbocycles. The maximum atomic E-state index is 13.6. The Labute approximate surface area is 159 Å². The van der Waals surface area contributed by atoms with E-state index < -0.39 is 44.9 Å². The van der Waals surface area contributed by atoms with E-state index in [2.05, 4.69) is 11.9 Å². The molecule has 0 aliphatic rings. The van der Waals surface area contributed by atoms with Gasteiger partial charge >= 0.3 is 6.18 Å². The fourth-order valence-electron chi connectivity index (χ4n) is 2.29. The first kappa shape index (κ1) is 21.6. The van der Waals surface area contributed by atoms with Gasteiger partial charge in [0.05, 0.1) is 22.7 Å². The molecule has 0 aromatic heterocycles. The van der Waals surface area contributed by atoms with E-state index in [1.165, 1.54) is 24.3 Å². The van der Waals surface area contributed by atoms with Crippen LogP contribution in [0.3, 0.4) is 0 Å². The molecule has 0 saturated carbocycles. The van der Waals surface area contributed by atoms with Crippen LogP contribution in [0.25, 0.3) is 0 Å². The molecule has 0 aliphatic heterocycles. The van der Waals surface area contributed by atoms with Gasteiger partial charge in [-0.2, -0.15) is 17.5 Å². The average molecular weight is 416 g/mol. The molecule has 150 valence electrons. The number of hydrogen-bond acceptors (Lipinski definition) is 3. The van der Waals surface area contributed by atoms with Crippen LogP contribution in [0.15, 0.2) is 66.1 Å². The molecule has 2 aromatic rings. The monoisotopic (exact) mass is 416 g/mol. The molecule has 0 radical (unpaired) electrons. The first-order valence-electron chi connectivity index (χ1n) is 7.88. The van der Waals surface area contributed by atoms with E-state index >= 15 is 0 Å². The van der Waals surface area contributed by atoms with E-state index in [1.54, 1.807) is 0 Å². The van der Waals surface area contributed by atoms with Crippen LogP contribution in [0.4, 0.5) is 23.2 Å². The number of alkyl halides is 3. The molecule has 0 spiro atoms. The molecule has 0 heterocycles. The highest BCUT2D eigenvalue weighted by atomic mass is 32.2. The van der Waals surface area contributed by atoms with Crippen molar-refractivity contribution in [3.8, 4) is 0 Å². The van der Waals surface area contributed by atoms with Crippen LogP contribution < -0.4 is 5.32 Å². The van der Waals surface area contributed by atoms with Crippen molar-refractivity contribution < 1.29 is 30.8 Å². The second-order valence-corrected chi connectivity index (χ2v) is 7.58. The van der Waals surface area contributed by atoms with E-state index in [4.69, 9.17) is 0 Å². The van der Waals surface area contributed by atoms with Crippen LogP contribution in [0.1, 0.15) is 5.56 Å². The van der Waals surface area contributed by atoms with Crippen LogP contribution in [0.5, 0.6) is 0 Å². The predicted molar refractivity (Wildman–Crippen MR) is 95.4 cm³/mol. The van der Waals surface area contributed by atoms with Gasteiger partial charge < -0.3 is 5.32 Å². The van der Waals surface area contributed by atoms with E-state index in [0.29, 0.717) is 10.4 Å². The Morgan fingerprint density at radius 2 is 1.82 bits per heavy atom. The van der Waals surface area contributed by atoms with Gasteiger partial charge in [-0.1, -0.05) is 24.3 Å². The molecule has 0 atom stereocenters. The Balaban J connectivity index is 2.28. The van der Waals surface area contributed by atoms with Gasteiger partial charge in [0.1, 0.15) is 5.82 Å². The van der Waals surface area contributed by atoms with E-state index in [9.17, 15) is 30.8 Å². The third-order valence-corrected chi connectivity index (χ3v) is 5.41. The Bertz CT molecular complexity index is 975. The zero-order valence-corrected chi connectivity index (χ0v) is 15.2. The number of rotatable bonds is 7. The Morgan fingerprint density at radius 1 is 1.14 bits per heavy atom. The first-order chi connectivity index (χ1) is 13.1. The van der Waals surface area contributed by atoms with Crippen LogP contribution in [-0.4, -0.2) is 31.7 Å². The van der Waals surface area contributed by atoms with Crippen LogP contribution >= 0.6 is 0 Å². The summed E-state index contributed by atoms with van der Waals surface area (Å²) in [5, 5.41) is 2.22. The van der Waals surface area contributed by atoms with Gasteiger partial charge in [0.15, 0.2) is 0 Å². The summed E-state index contributed by atoms with van der Waals surface area (Å²) < 4.78 is 78.3. The van der Waals surface area contributed by atoms with Gasteiger partial charge in [0, 0.05) is 6.54 Å². The zero-order chi connectivity index (χ0) is 20.9. The second-order valence-electron chi connectivity index (χ2n) is 5.64. The summed E-state index contributed by atoms with van der Waals surface area (Å²) in [6.07, 6.45) is -3.54. The maximum absolute atomic E-state index is 13.6. The lowest BCUT2D eigenvalue weighted by Gasteiger charge is -2.21. The van der Waals surface area contributed by atoms with Crippen molar-refractivity contribution in [3.05, 3.63) is 72.6 Å². The molecular weight excluding hydrogens is 400 g/mol. The van der Waals surface area contributed by atoms with E-state index in [0.717, 1.165) is 24.3 Å². The summed E-state index contributed by atoms with van der Waals surface area (Å²) in [6.45, 7) is 2.32. The lowest BCUT2D eigenvalue weighted by Crippen LogP contribution is -2.38. The van der Waals surface area contributed by atoms with Crippen LogP contribution in [0, 0.1) is 5.82 Å². The number of hydrogen-bond donors (Lipinski definition) is 1. The van der Waals surface area contributed by atoms with E-state index in [1.807, 2.05) is 0 Å². The fraction of sp³-hybridized carbons (Fsp3) is 0.167. The highest BCUT2D eigenvalue weighted by molar-refractivity contribution is 7.89. The maximum Gasteiger partial charge on any atom is 0.416 e. The number of nitrogens with zero attached hydrogens (tertiary/aromatic N) is 1. The van der Waals surface area contributed by atoms with Crippen LogP contribution in [0.2, 0.25) is 0 Å². The smallest absolute Gasteiger partial charge is 0.322 e. The Hall–Kier alpha value is -2.72. The van der Waals surface area contributed by atoms with Crippen molar-refractivity contribution in [3.63, 3.8) is 0 Å². The van der Waals surface area contributed by atoms with Crippen molar-refractivity contribution in [1.82, 2.24) is 4.31 Å². The number of carbonyl (C=O) groups excluding carboxylic acids is 1. The predicted octanol–water partition coefficient (Wildman–Crippen LogP) is 3.66.